The van der Waals surface area contributed by atoms with Gasteiger partial charge in [0.2, 0.25) is 0 Å². The third kappa shape index (κ3) is 7.92. The Morgan fingerprint density at radius 3 is 2.20 bits per heavy atom. The second kappa shape index (κ2) is 4.69. The summed E-state index contributed by atoms with van der Waals surface area (Å²) in [5.74, 6) is 0. The molecule has 0 spiro atoms. The van der Waals surface area contributed by atoms with E-state index in [9.17, 15) is 5.11 Å². The van der Waals surface area contributed by atoms with Crippen LogP contribution in [-0.4, -0.2) is 17.3 Å². The number of nitrogens with two attached hydrogens (primary N) is 1. The average molecular weight is 145 g/mol. The summed E-state index contributed by atoms with van der Waals surface area (Å²) in [5, 5.41) is 9.29. The molecule has 0 aliphatic carbocycles. The van der Waals surface area contributed by atoms with Crippen LogP contribution in [0.1, 0.15) is 39.5 Å². The Labute approximate surface area is 63.4 Å². The van der Waals surface area contributed by atoms with Crippen molar-refractivity contribution < 1.29 is 5.11 Å². The molecule has 0 fully saturated rings. The maximum absolute atomic E-state index is 9.29. The molecule has 0 unspecified atom stereocenters. The second-order valence-corrected chi connectivity index (χ2v) is 3.41. The van der Waals surface area contributed by atoms with Crippen molar-refractivity contribution in [3.05, 3.63) is 0 Å². The third-order valence-corrected chi connectivity index (χ3v) is 1.49. The van der Waals surface area contributed by atoms with Crippen molar-refractivity contribution in [3.8, 4) is 0 Å². The number of hydrogen-bond donors (Lipinski definition) is 2. The first kappa shape index (κ1) is 9.92. The van der Waals surface area contributed by atoms with Gasteiger partial charge in [-0.3, -0.25) is 0 Å². The van der Waals surface area contributed by atoms with E-state index in [4.69, 9.17) is 5.73 Å². The number of unbranched alkanes of at least 4 members (excludes halogenated alkanes) is 2. The summed E-state index contributed by atoms with van der Waals surface area (Å²) >= 11 is 0. The number of rotatable bonds is 5. The van der Waals surface area contributed by atoms with E-state index in [0.29, 0.717) is 0 Å². The first-order chi connectivity index (χ1) is 4.56. The Morgan fingerprint density at radius 1 is 1.20 bits per heavy atom. The lowest BCUT2D eigenvalue weighted by atomic mass is 10.0. The van der Waals surface area contributed by atoms with Crippen molar-refractivity contribution in [1.29, 1.82) is 0 Å². The minimum absolute atomic E-state index is 0.491. The summed E-state index contributed by atoms with van der Waals surface area (Å²) in [6.07, 6.45) is 4.18. The van der Waals surface area contributed by atoms with Crippen molar-refractivity contribution in [1.82, 2.24) is 0 Å². The van der Waals surface area contributed by atoms with E-state index < -0.39 is 5.60 Å². The molecule has 0 atom stereocenters. The van der Waals surface area contributed by atoms with Crippen molar-refractivity contribution >= 4 is 0 Å². The highest BCUT2D eigenvalue weighted by molar-refractivity contribution is 4.64. The molecule has 2 heteroatoms. The standard InChI is InChI=1S/C8H19NO/c1-8(2,10)6-4-3-5-7-9/h10H,3-7,9H2,1-2H3. The smallest absolute Gasteiger partial charge is 0.0591 e. The molecule has 0 aliphatic rings. The first-order valence-electron chi connectivity index (χ1n) is 3.99. The largest absolute Gasteiger partial charge is 0.390 e. The molecule has 0 aliphatic heterocycles. The molecular weight excluding hydrogens is 126 g/mol. The summed E-state index contributed by atoms with van der Waals surface area (Å²) in [5.41, 5.74) is 4.82. The van der Waals surface area contributed by atoms with Crippen LogP contribution in [0, 0.1) is 0 Å². The van der Waals surface area contributed by atoms with E-state index in [-0.39, 0.29) is 0 Å². The summed E-state index contributed by atoms with van der Waals surface area (Å²) < 4.78 is 0. The minimum atomic E-state index is -0.491. The van der Waals surface area contributed by atoms with Gasteiger partial charge in [0.1, 0.15) is 0 Å². The van der Waals surface area contributed by atoms with Gasteiger partial charge in [-0.2, -0.15) is 0 Å². The molecule has 0 aromatic rings. The van der Waals surface area contributed by atoms with Gasteiger partial charge in [-0.05, 0) is 33.2 Å². The average Bonchev–Trinajstić information content (AvgIpc) is 1.78. The van der Waals surface area contributed by atoms with E-state index >= 15 is 0 Å². The van der Waals surface area contributed by atoms with Gasteiger partial charge in [0.25, 0.3) is 0 Å². The molecule has 0 amide bonds. The van der Waals surface area contributed by atoms with Crippen LogP contribution in [0.4, 0.5) is 0 Å². The molecule has 0 heterocycles. The number of aliphatic hydroxyl groups is 1. The zero-order valence-corrected chi connectivity index (χ0v) is 7.06. The first-order valence-corrected chi connectivity index (χ1v) is 3.99. The van der Waals surface area contributed by atoms with Crippen LogP contribution in [0.5, 0.6) is 0 Å². The molecule has 10 heavy (non-hydrogen) atoms. The molecular formula is C8H19NO. The zero-order valence-electron chi connectivity index (χ0n) is 7.06. The molecule has 0 aromatic heterocycles. The third-order valence-electron chi connectivity index (χ3n) is 1.49. The molecule has 0 radical (unpaired) electrons. The molecule has 2 nitrogen and oxygen atoms in total. The SMILES string of the molecule is CC(C)(O)CCCCCN. The van der Waals surface area contributed by atoms with E-state index in [0.717, 1.165) is 32.2 Å². The Balaban J connectivity index is 3.04. The monoisotopic (exact) mass is 145 g/mol. The molecule has 3 N–H and O–H groups in total. The van der Waals surface area contributed by atoms with Gasteiger partial charge in [0.15, 0.2) is 0 Å². The van der Waals surface area contributed by atoms with Crippen molar-refractivity contribution in [2.45, 2.75) is 45.1 Å². The van der Waals surface area contributed by atoms with Crippen LogP contribution in [0.2, 0.25) is 0 Å². The van der Waals surface area contributed by atoms with Gasteiger partial charge >= 0.3 is 0 Å². The van der Waals surface area contributed by atoms with Crippen molar-refractivity contribution in [2.75, 3.05) is 6.54 Å². The number of hydrogen-bond acceptors (Lipinski definition) is 2. The molecule has 0 aromatic carbocycles. The molecule has 0 rings (SSSR count). The Kier molecular flexibility index (Phi) is 4.65. The summed E-state index contributed by atoms with van der Waals surface area (Å²) in [4.78, 5) is 0. The maximum atomic E-state index is 9.29. The topological polar surface area (TPSA) is 46.2 Å². The quantitative estimate of drug-likeness (QED) is 0.572. The second-order valence-electron chi connectivity index (χ2n) is 3.41. The fourth-order valence-electron chi connectivity index (χ4n) is 0.879. The predicted molar refractivity (Wildman–Crippen MR) is 43.8 cm³/mol. The highest BCUT2D eigenvalue weighted by Gasteiger charge is 2.10. The van der Waals surface area contributed by atoms with Gasteiger partial charge in [-0.15, -0.1) is 0 Å². The highest BCUT2D eigenvalue weighted by Crippen LogP contribution is 2.12. The van der Waals surface area contributed by atoms with Gasteiger partial charge in [-0.1, -0.05) is 12.8 Å². The Morgan fingerprint density at radius 2 is 1.80 bits per heavy atom. The lowest BCUT2D eigenvalue weighted by Gasteiger charge is -2.15. The van der Waals surface area contributed by atoms with E-state index in [1.165, 1.54) is 0 Å². The van der Waals surface area contributed by atoms with E-state index in [1.54, 1.807) is 0 Å². The Bertz CT molecular complexity index is 75.8. The van der Waals surface area contributed by atoms with Crippen LogP contribution >= 0.6 is 0 Å². The molecule has 0 bridgehead atoms. The van der Waals surface area contributed by atoms with Gasteiger partial charge in [0, 0.05) is 0 Å². The minimum Gasteiger partial charge on any atom is -0.390 e. The highest BCUT2D eigenvalue weighted by atomic mass is 16.3. The van der Waals surface area contributed by atoms with Gasteiger partial charge in [0.05, 0.1) is 5.60 Å². The van der Waals surface area contributed by atoms with Crippen LogP contribution in [0.25, 0.3) is 0 Å². The summed E-state index contributed by atoms with van der Waals surface area (Å²) in [6.45, 7) is 4.46. The van der Waals surface area contributed by atoms with Crippen LogP contribution in [-0.2, 0) is 0 Å². The molecule has 62 valence electrons. The Hall–Kier alpha value is -0.0800. The van der Waals surface area contributed by atoms with Gasteiger partial charge in [-0.25, -0.2) is 0 Å². The lowest BCUT2D eigenvalue weighted by Crippen LogP contribution is -2.17. The zero-order chi connectivity index (χ0) is 8.04. The fraction of sp³-hybridized carbons (Fsp3) is 1.00. The van der Waals surface area contributed by atoms with Crippen LogP contribution < -0.4 is 5.73 Å². The fourth-order valence-corrected chi connectivity index (χ4v) is 0.879. The van der Waals surface area contributed by atoms with E-state index in [1.807, 2.05) is 13.8 Å². The summed E-state index contributed by atoms with van der Waals surface area (Å²) in [6, 6.07) is 0. The van der Waals surface area contributed by atoms with Crippen molar-refractivity contribution in [3.63, 3.8) is 0 Å². The van der Waals surface area contributed by atoms with Crippen LogP contribution in [0.3, 0.4) is 0 Å². The predicted octanol–water partition coefficient (Wildman–Crippen LogP) is 1.28. The lowest BCUT2D eigenvalue weighted by molar-refractivity contribution is 0.0681. The maximum Gasteiger partial charge on any atom is 0.0591 e. The van der Waals surface area contributed by atoms with Gasteiger partial charge < -0.3 is 10.8 Å². The van der Waals surface area contributed by atoms with E-state index in [2.05, 4.69) is 0 Å². The van der Waals surface area contributed by atoms with Crippen molar-refractivity contribution in [2.24, 2.45) is 5.73 Å². The molecule has 0 saturated carbocycles. The summed E-state index contributed by atoms with van der Waals surface area (Å²) in [7, 11) is 0. The normalized spacial score (nSPS) is 12.0. The van der Waals surface area contributed by atoms with Crippen LogP contribution in [0.15, 0.2) is 0 Å². The molecule has 0 saturated heterocycles.